The van der Waals surface area contributed by atoms with Gasteiger partial charge in [-0.05, 0) is 68.3 Å². The minimum atomic E-state index is -0.758. The molecule has 6 rings (SSSR count). The van der Waals surface area contributed by atoms with Crippen molar-refractivity contribution in [2.24, 2.45) is 4.99 Å². The summed E-state index contributed by atoms with van der Waals surface area (Å²) in [7, 11) is 1.57. The van der Waals surface area contributed by atoms with Gasteiger partial charge in [0, 0.05) is 33.7 Å². The molecule has 10 heteroatoms. The van der Waals surface area contributed by atoms with E-state index in [-0.39, 0.29) is 12.2 Å². The molecule has 1 aliphatic rings. The maximum atomic E-state index is 14.3. The summed E-state index contributed by atoms with van der Waals surface area (Å²) in [5.74, 6) is 0.574. The van der Waals surface area contributed by atoms with E-state index < -0.39 is 12.0 Å². The number of ether oxygens (including phenoxy) is 3. The Labute approximate surface area is 272 Å². The Morgan fingerprint density at radius 3 is 2.56 bits per heavy atom. The van der Waals surface area contributed by atoms with Crippen molar-refractivity contribution in [1.82, 2.24) is 9.13 Å². The number of allylic oxidation sites excluding steroid dienone is 1. The number of thiazole rings is 1. The van der Waals surface area contributed by atoms with Crippen LogP contribution < -0.4 is 24.4 Å². The van der Waals surface area contributed by atoms with E-state index in [0.717, 1.165) is 26.5 Å². The van der Waals surface area contributed by atoms with Gasteiger partial charge < -0.3 is 18.8 Å². The first-order chi connectivity index (χ1) is 21.8. The zero-order valence-electron chi connectivity index (χ0n) is 25.4. The number of benzene rings is 3. The van der Waals surface area contributed by atoms with Crippen LogP contribution in [0.2, 0.25) is 0 Å². The molecule has 1 aliphatic heterocycles. The molecule has 230 valence electrons. The Kier molecular flexibility index (Phi) is 8.78. The van der Waals surface area contributed by atoms with Crippen LogP contribution in [0.3, 0.4) is 0 Å². The van der Waals surface area contributed by atoms with Crippen molar-refractivity contribution in [3.8, 4) is 11.5 Å². The molecule has 0 amide bonds. The van der Waals surface area contributed by atoms with Crippen LogP contribution >= 0.6 is 27.3 Å². The fourth-order valence-corrected chi connectivity index (χ4v) is 6.99. The van der Waals surface area contributed by atoms with E-state index in [4.69, 9.17) is 19.2 Å². The maximum Gasteiger partial charge on any atom is 0.338 e. The van der Waals surface area contributed by atoms with E-state index in [1.807, 2.05) is 49.4 Å². The van der Waals surface area contributed by atoms with Gasteiger partial charge in [0.05, 0.1) is 42.2 Å². The van der Waals surface area contributed by atoms with E-state index in [1.165, 1.54) is 11.3 Å². The summed E-state index contributed by atoms with van der Waals surface area (Å²) in [5, 5.41) is 1.04. The average Bonchev–Trinajstić information content (AvgIpc) is 3.53. The molecular formula is C35H32BrN3O5S. The lowest BCUT2D eigenvalue weighted by molar-refractivity contribution is -0.139. The van der Waals surface area contributed by atoms with Gasteiger partial charge in [-0.15, -0.1) is 0 Å². The van der Waals surface area contributed by atoms with Gasteiger partial charge in [-0.3, -0.25) is 9.36 Å². The van der Waals surface area contributed by atoms with Crippen LogP contribution in [-0.4, -0.2) is 35.4 Å². The molecule has 3 aromatic carbocycles. The molecule has 0 aliphatic carbocycles. The lowest BCUT2D eigenvalue weighted by Gasteiger charge is -2.25. The first-order valence-electron chi connectivity index (χ1n) is 14.7. The first-order valence-corrected chi connectivity index (χ1v) is 16.3. The van der Waals surface area contributed by atoms with Crippen LogP contribution in [0.4, 0.5) is 0 Å². The van der Waals surface area contributed by atoms with Gasteiger partial charge in [0.1, 0.15) is 0 Å². The van der Waals surface area contributed by atoms with Crippen LogP contribution in [-0.2, 0) is 16.1 Å². The smallest absolute Gasteiger partial charge is 0.338 e. The quantitative estimate of drug-likeness (QED) is 0.179. The Hall–Kier alpha value is -4.41. The zero-order valence-corrected chi connectivity index (χ0v) is 27.8. The SMILES string of the molecule is CCOC(=O)C1=C(C)N=c2s/c(=C/c3cn(Cc4ccc(Br)cc4)c4ccccc34)c(=O)n2[C@@H]1c1ccc(OC)c(OCC)c1. The number of fused-ring (bicyclic) bond motifs is 2. The van der Waals surface area contributed by atoms with Gasteiger partial charge in [-0.25, -0.2) is 9.79 Å². The third kappa shape index (κ3) is 5.87. The topological polar surface area (TPSA) is 84.1 Å². The van der Waals surface area contributed by atoms with E-state index in [9.17, 15) is 9.59 Å². The number of nitrogens with zero attached hydrogens (tertiary/aromatic N) is 3. The molecule has 0 radical (unpaired) electrons. The van der Waals surface area contributed by atoms with Gasteiger partial charge >= 0.3 is 5.97 Å². The fraction of sp³-hybridized carbons (Fsp3) is 0.229. The van der Waals surface area contributed by atoms with Crippen LogP contribution in [0.1, 0.15) is 43.5 Å². The first kappa shape index (κ1) is 30.6. The van der Waals surface area contributed by atoms with Crippen molar-refractivity contribution in [2.45, 2.75) is 33.4 Å². The largest absolute Gasteiger partial charge is 0.493 e. The summed E-state index contributed by atoms with van der Waals surface area (Å²) in [6.45, 7) is 6.73. The monoisotopic (exact) mass is 685 g/mol. The molecule has 0 fully saturated rings. The Morgan fingerprint density at radius 2 is 1.82 bits per heavy atom. The number of methoxy groups -OCH3 is 1. The number of rotatable bonds is 9. The summed E-state index contributed by atoms with van der Waals surface area (Å²) < 4.78 is 22.1. The summed E-state index contributed by atoms with van der Waals surface area (Å²) in [4.78, 5) is 32.9. The zero-order chi connectivity index (χ0) is 31.7. The van der Waals surface area contributed by atoms with Gasteiger partial charge in [-0.1, -0.05) is 63.7 Å². The maximum absolute atomic E-state index is 14.3. The standard InChI is InChI=1S/C35H32BrN3O5S/c1-5-43-29-17-23(13-16-28(29)42-4)32-31(34(41)44-6-2)21(3)37-35-39(32)33(40)30(45-35)18-24-20-38(27-10-8-7-9-26(24)27)19-22-11-14-25(36)15-12-22/h7-18,20,32H,5-6,19H2,1-4H3/b30-18+/t32-/m1/s1. The molecule has 45 heavy (non-hydrogen) atoms. The lowest BCUT2D eigenvalue weighted by Crippen LogP contribution is -2.40. The highest BCUT2D eigenvalue weighted by Crippen LogP contribution is 2.36. The molecule has 0 bridgehead atoms. The molecule has 3 heterocycles. The number of halogens is 1. The fourth-order valence-electron chi connectivity index (χ4n) is 5.69. The van der Waals surface area contributed by atoms with Gasteiger partial charge in [0.15, 0.2) is 16.3 Å². The third-order valence-electron chi connectivity index (χ3n) is 7.69. The number of hydrogen-bond acceptors (Lipinski definition) is 7. The summed E-state index contributed by atoms with van der Waals surface area (Å²) in [6, 6.07) is 21.1. The van der Waals surface area contributed by atoms with Crippen molar-refractivity contribution in [2.75, 3.05) is 20.3 Å². The number of carbonyl (C=O) groups excluding carboxylic acids is 1. The van der Waals surface area contributed by atoms with E-state index in [2.05, 4.69) is 51.0 Å². The Morgan fingerprint density at radius 1 is 1.04 bits per heavy atom. The molecule has 8 nitrogen and oxygen atoms in total. The third-order valence-corrected chi connectivity index (χ3v) is 9.20. The van der Waals surface area contributed by atoms with E-state index >= 15 is 0 Å². The second-order valence-electron chi connectivity index (χ2n) is 10.5. The van der Waals surface area contributed by atoms with E-state index in [1.54, 1.807) is 31.6 Å². The lowest BCUT2D eigenvalue weighted by atomic mass is 9.95. The van der Waals surface area contributed by atoms with Gasteiger partial charge in [0.25, 0.3) is 5.56 Å². The minimum Gasteiger partial charge on any atom is -0.493 e. The Balaban J connectivity index is 1.52. The number of aromatic nitrogens is 2. The second-order valence-corrected chi connectivity index (χ2v) is 12.4. The molecule has 0 N–H and O–H groups in total. The van der Waals surface area contributed by atoms with Crippen LogP contribution in [0.15, 0.2) is 98.5 Å². The predicted molar refractivity (Wildman–Crippen MR) is 180 cm³/mol. The highest BCUT2D eigenvalue weighted by atomic mass is 79.9. The molecule has 2 aromatic heterocycles. The van der Waals surface area contributed by atoms with Crippen molar-refractivity contribution < 1.29 is 19.0 Å². The second kappa shape index (κ2) is 12.9. The van der Waals surface area contributed by atoms with Crippen molar-refractivity contribution in [3.05, 3.63) is 125 Å². The van der Waals surface area contributed by atoms with Crippen LogP contribution in [0.25, 0.3) is 17.0 Å². The molecular weight excluding hydrogens is 654 g/mol. The van der Waals surface area contributed by atoms with Gasteiger partial charge in [0.2, 0.25) is 0 Å². The van der Waals surface area contributed by atoms with Crippen LogP contribution in [0, 0.1) is 0 Å². The molecule has 0 saturated carbocycles. The predicted octanol–water partition coefficient (Wildman–Crippen LogP) is 5.97. The molecule has 0 spiro atoms. The molecule has 0 unspecified atom stereocenters. The highest BCUT2D eigenvalue weighted by molar-refractivity contribution is 9.10. The summed E-state index contributed by atoms with van der Waals surface area (Å²) in [5.41, 5.74) is 4.43. The van der Waals surface area contributed by atoms with Crippen molar-refractivity contribution in [1.29, 1.82) is 0 Å². The van der Waals surface area contributed by atoms with Crippen LogP contribution in [0.5, 0.6) is 11.5 Å². The van der Waals surface area contributed by atoms with E-state index in [0.29, 0.717) is 50.8 Å². The number of carbonyl (C=O) groups is 1. The average molecular weight is 687 g/mol. The molecule has 1 atom stereocenters. The normalized spacial score (nSPS) is 14.8. The van der Waals surface area contributed by atoms with Gasteiger partial charge in [-0.2, -0.15) is 0 Å². The number of para-hydroxylation sites is 1. The Bertz CT molecular complexity index is 2130. The summed E-state index contributed by atoms with van der Waals surface area (Å²) >= 11 is 4.81. The van der Waals surface area contributed by atoms with Crippen molar-refractivity contribution >= 4 is 50.2 Å². The number of hydrogen-bond donors (Lipinski definition) is 0. The summed E-state index contributed by atoms with van der Waals surface area (Å²) in [6.07, 6.45) is 4.00. The van der Waals surface area contributed by atoms with Crippen molar-refractivity contribution in [3.63, 3.8) is 0 Å². The highest BCUT2D eigenvalue weighted by Gasteiger charge is 2.34. The number of esters is 1. The molecule has 5 aromatic rings. The minimum absolute atomic E-state index is 0.198. The molecule has 0 saturated heterocycles.